The molecule has 1 N–H and O–H groups in total. The van der Waals surface area contributed by atoms with Crippen LogP contribution in [0.2, 0.25) is 0 Å². The van der Waals surface area contributed by atoms with Crippen LogP contribution in [0.4, 0.5) is 0 Å². The minimum Gasteiger partial charge on any atom is -0.313 e. The first-order chi connectivity index (χ1) is 8.90. The highest BCUT2D eigenvalue weighted by Gasteiger charge is 2.23. The lowest BCUT2D eigenvalue weighted by Gasteiger charge is -2.33. The summed E-state index contributed by atoms with van der Waals surface area (Å²) in [5, 5.41) is 3.74. The molecule has 106 valence electrons. The van der Waals surface area contributed by atoms with Crippen molar-refractivity contribution >= 4 is 0 Å². The van der Waals surface area contributed by atoms with Crippen LogP contribution in [0.3, 0.4) is 0 Å². The van der Waals surface area contributed by atoms with Crippen LogP contribution >= 0.6 is 0 Å². The van der Waals surface area contributed by atoms with Gasteiger partial charge in [-0.15, -0.1) is 0 Å². The zero-order valence-corrected chi connectivity index (χ0v) is 12.3. The average molecular weight is 252 g/mol. The number of nitrogens with zero attached hydrogens (tertiary/aromatic N) is 1. The van der Waals surface area contributed by atoms with Crippen molar-refractivity contribution in [3.63, 3.8) is 0 Å². The van der Waals surface area contributed by atoms with Crippen LogP contribution in [0, 0.1) is 0 Å². The van der Waals surface area contributed by atoms with Gasteiger partial charge in [0.1, 0.15) is 0 Å². The van der Waals surface area contributed by atoms with Crippen molar-refractivity contribution in [1.82, 2.24) is 10.2 Å². The summed E-state index contributed by atoms with van der Waals surface area (Å²) in [6.07, 6.45) is 14.3. The Labute approximate surface area is 114 Å². The van der Waals surface area contributed by atoms with Gasteiger partial charge in [-0.3, -0.25) is 4.90 Å². The fourth-order valence-electron chi connectivity index (χ4n) is 3.70. The first-order valence-corrected chi connectivity index (χ1v) is 8.37. The molecule has 0 bridgehead atoms. The van der Waals surface area contributed by atoms with Crippen molar-refractivity contribution in [2.24, 2.45) is 0 Å². The summed E-state index contributed by atoms with van der Waals surface area (Å²) >= 11 is 0. The average Bonchev–Trinajstić information content (AvgIpc) is 2.55. The zero-order valence-electron chi connectivity index (χ0n) is 12.3. The van der Waals surface area contributed by atoms with Crippen LogP contribution in [0.15, 0.2) is 0 Å². The zero-order chi connectivity index (χ0) is 12.6. The summed E-state index contributed by atoms with van der Waals surface area (Å²) in [7, 11) is 0. The van der Waals surface area contributed by atoms with Gasteiger partial charge in [-0.2, -0.15) is 0 Å². The van der Waals surface area contributed by atoms with E-state index >= 15 is 0 Å². The lowest BCUT2D eigenvalue weighted by molar-refractivity contribution is 0.161. The summed E-state index contributed by atoms with van der Waals surface area (Å²) in [5.41, 5.74) is 0. The third kappa shape index (κ3) is 4.55. The van der Waals surface area contributed by atoms with Crippen molar-refractivity contribution in [3.05, 3.63) is 0 Å². The van der Waals surface area contributed by atoms with Gasteiger partial charge >= 0.3 is 0 Å². The van der Waals surface area contributed by atoms with Crippen LogP contribution in [-0.2, 0) is 0 Å². The minimum atomic E-state index is 0.753. The van der Waals surface area contributed by atoms with E-state index in [-0.39, 0.29) is 0 Å². The number of nitrogens with one attached hydrogen (secondary N) is 1. The summed E-state index contributed by atoms with van der Waals surface area (Å²) < 4.78 is 0. The third-order valence-corrected chi connectivity index (χ3v) is 4.74. The van der Waals surface area contributed by atoms with Gasteiger partial charge in [-0.25, -0.2) is 0 Å². The monoisotopic (exact) mass is 252 g/mol. The van der Waals surface area contributed by atoms with E-state index in [1.165, 1.54) is 83.8 Å². The van der Waals surface area contributed by atoms with Crippen LogP contribution in [0.1, 0.15) is 71.1 Å². The van der Waals surface area contributed by atoms with Crippen LogP contribution in [-0.4, -0.2) is 36.6 Å². The van der Waals surface area contributed by atoms with Crippen molar-refractivity contribution in [2.75, 3.05) is 19.6 Å². The largest absolute Gasteiger partial charge is 0.313 e. The van der Waals surface area contributed by atoms with Crippen molar-refractivity contribution in [2.45, 2.75) is 83.2 Å². The molecule has 1 saturated carbocycles. The molecular weight excluding hydrogens is 220 g/mol. The summed E-state index contributed by atoms with van der Waals surface area (Å²) in [6.45, 7) is 6.18. The highest BCUT2D eigenvalue weighted by molar-refractivity contribution is 4.82. The third-order valence-electron chi connectivity index (χ3n) is 4.74. The van der Waals surface area contributed by atoms with Crippen molar-refractivity contribution in [3.8, 4) is 0 Å². The second-order valence-corrected chi connectivity index (χ2v) is 6.29. The molecule has 1 aliphatic heterocycles. The van der Waals surface area contributed by atoms with Crippen LogP contribution < -0.4 is 5.32 Å². The standard InChI is InChI=1S/C16H32N2/c1-2-9-15-14-18(13-8-12-17-15)16-10-6-4-3-5-7-11-16/h15-17H,2-14H2,1H3. The van der Waals surface area contributed by atoms with Gasteiger partial charge in [0.15, 0.2) is 0 Å². The molecule has 1 unspecified atom stereocenters. The maximum Gasteiger partial charge on any atom is 0.0195 e. The van der Waals surface area contributed by atoms with Crippen LogP contribution in [0.5, 0.6) is 0 Å². The SMILES string of the molecule is CCCC1CN(C2CCCCCCC2)CCCN1. The molecule has 2 aliphatic rings. The fraction of sp³-hybridized carbons (Fsp3) is 1.00. The van der Waals surface area contributed by atoms with E-state index in [0.717, 1.165) is 12.1 Å². The predicted octanol–water partition coefficient (Wildman–Crippen LogP) is 3.56. The molecule has 0 aromatic carbocycles. The molecule has 2 rings (SSSR count). The second kappa shape index (κ2) is 8.16. The molecule has 2 nitrogen and oxygen atoms in total. The molecule has 1 aliphatic carbocycles. The Morgan fingerprint density at radius 1 is 1.00 bits per heavy atom. The van der Waals surface area contributed by atoms with Gasteiger partial charge in [0.25, 0.3) is 0 Å². The Kier molecular flexibility index (Phi) is 6.50. The summed E-state index contributed by atoms with van der Waals surface area (Å²) in [4.78, 5) is 2.83. The number of hydrogen-bond acceptors (Lipinski definition) is 2. The van der Waals surface area contributed by atoms with E-state index in [2.05, 4.69) is 17.1 Å². The van der Waals surface area contributed by atoms with Gasteiger partial charge in [0.2, 0.25) is 0 Å². The molecule has 18 heavy (non-hydrogen) atoms. The Morgan fingerprint density at radius 3 is 2.44 bits per heavy atom. The van der Waals surface area contributed by atoms with Gasteiger partial charge < -0.3 is 5.32 Å². The first kappa shape index (κ1) is 14.3. The molecule has 0 spiro atoms. The molecule has 0 aromatic heterocycles. The van der Waals surface area contributed by atoms with E-state index < -0.39 is 0 Å². The number of rotatable bonds is 3. The first-order valence-electron chi connectivity index (χ1n) is 8.37. The maximum atomic E-state index is 3.74. The number of hydrogen-bond donors (Lipinski definition) is 1. The van der Waals surface area contributed by atoms with Crippen LogP contribution in [0.25, 0.3) is 0 Å². The Hall–Kier alpha value is -0.0800. The molecule has 0 aromatic rings. The maximum absolute atomic E-state index is 3.74. The van der Waals surface area contributed by atoms with E-state index in [1.54, 1.807) is 0 Å². The van der Waals surface area contributed by atoms with Gasteiger partial charge in [0.05, 0.1) is 0 Å². The lowest BCUT2D eigenvalue weighted by atomic mass is 9.95. The quantitative estimate of drug-likeness (QED) is 0.826. The molecule has 0 amide bonds. The molecule has 2 fully saturated rings. The van der Waals surface area contributed by atoms with E-state index in [0.29, 0.717) is 0 Å². The van der Waals surface area contributed by atoms with Crippen molar-refractivity contribution < 1.29 is 0 Å². The smallest absolute Gasteiger partial charge is 0.0195 e. The Morgan fingerprint density at radius 2 is 1.72 bits per heavy atom. The van der Waals surface area contributed by atoms with Gasteiger partial charge in [-0.1, -0.05) is 45.4 Å². The fourth-order valence-corrected chi connectivity index (χ4v) is 3.70. The summed E-state index contributed by atoms with van der Waals surface area (Å²) in [6, 6.07) is 1.65. The molecular formula is C16H32N2. The van der Waals surface area contributed by atoms with E-state index in [1.807, 2.05) is 0 Å². The van der Waals surface area contributed by atoms with E-state index in [4.69, 9.17) is 0 Å². The highest BCUT2D eigenvalue weighted by atomic mass is 15.2. The normalized spacial score (nSPS) is 29.5. The highest BCUT2D eigenvalue weighted by Crippen LogP contribution is 2.22. The second-order valence-electron chi connectivity index (χ2n) is 6.29. The van der Waals surface area contributed by atoms with Gasteiger partial charge in [0, 0.05) is 18.6 Å². The Bertz CT molecular complexity index is 209. The van der Waals surface area contributed by atoms with Crippen molar-refractivity contribution in [1.29, 1.82) is 0 Å². The van der Waals surface area contributed by atoms with E-state index in [9.17, 15) is 0 Å². The minimum absolute atomic E-state index is 0.753. The molecule has 2 heteroatoms. The molecule has 0 radical (unpaired) electrons. The molecule has 1 saturated heterocycles. The molecule has 1 heterocycles. The predicted molar refractivity (Wildman–Crippen MR) is 79.0 cm³/mol. The topological polar surface area (TPSA) is 15.3 Å². The summed E-state index contributed by atoms with van der Waals surface area (Å²) in [5.74, 6) is 0. The lowest BCUT2D eigenvalue weighted by Crippen LogP contribution is -2.43. The Balaban J connectivity index is 1.87. The van der Waals surface area contributed by atoms with Gasteiger partial charge in [-0.05, 0) is 38.8 Å². The molecule has 1 atom stereocenters.